The topological polar surface area (TPSA) is 52.7 Å². The summed E-state index contributed by atoms with van der Waals surface area (Å²) in [4.78, 5) is 29.2. The maximum atomic E-state index is 12.9. The van der Waals surface area contributed by atoms with E-state index in [0.29, 0.717) is 6.54 Å². The number of nitrogens with zero attached hydrogens (tertiary/aromatic N) is 2. The van der Waals surface area contributed by atoms with Crippen LogP contribution in [0.25, 0.3) is 0 Å². The average molecular weight is 380 g/mol. The molecule has 1 aliphatic rings. The van der Waals surface area contributed by atoms with E-state index in [2.05, 4.69) is 17.4 Å². The molecule has 3 rings (SSSR count). The Morgan fingerprint density at radius 1 is 1.07 bits per heavy atom. The molecule has 0 fully saturated rings. The first-order valence-electron chi connectivity index (χ1n) is 9.78. The molecule has 5 heteroatoms. The van der Waals surface area contributed by atoms with Crippen LogP contribution in [0.2, 0.25) is 0 Å². The summed E-state index contributed by atoms with van der Waals surface area (Å²) in [5, 5.41) is 2.99. The van der Waals surface area contributed by atoms with E-state index in [0.717, 1.165) is 29.8 Å². The Morgan fingerprint density at radius 2 is 1.71 bits per heavy atom. The molecular formula is C23H29N3O2. The normalized spacial score (nSPS) is 14.5. The van der Waals surface area contributed by atoms with Crippen molar-refractivity contribution in [3.05, 3.63) is 64.7 Å². The highest BCUT2D eigenvalue weighted by molar-refractivity contribution is 5.94. The summed E-state index contributed by atoms with van der Waals surface area (Å²) in [5.74, 6) is -0.0413. The number of carbonyl (C=O) groups is 2. The van der Waals surface area contributed by atoms with Gasteiger partial charge in [-0.3, -0.25) is 14.5 Å². The van der Waals surface area contributed by atoms with E-state index in [1.54, 1.807) is 0 Å². The second kappa shape index (κ2) is 8.57. The summed E-state index contributed by atoms with van der Waals surface area (Å²) in [6.45, 7) is 7.37. The van der Waals surface area contributed by atoms with Crippen LogP contribution in [0.1, 0.15) is 29.2 Å². The van der Waals surface area contributed by atoms with Crippen molar-refractivity contribution in [3.63, 3.8) is 0 Å². The number of para-hydroxylation sites is 1. The van der Waals surface area contributed by atoms with Crippen molar-refractivity contribution < 1.29 is 9.59 Å². The lowest BCUT2D eigenvalue weighted by atomic mass is 9.99. The number of nitrogens with one attached hydrogen (secondary N) is 1. The molecule has 148 valence electrons. The zero-order valence-corrected chi connectivity index (χ0v) is 17.2. The molecular weight excluding hydrogens is 350 g/mol. The molecule has 0 bridgehead atoms. The Bertz CT molecular complexity index is 858. The summed E-state index contributed by atoms with van der Waals surface area (Å²) in [7, 11) is 1.82. The van der Waals surface area contributed by atoms with Gasteiger partial charge in [0, 0.05) is 18.8 Å². The second-order valence-electron chi connectivity index (χ2n) is 7.68. The van der Waals surface area contributed by atoms with Gasteiger partial charge in [-0.1, -0.05) is 42.5 Å². The minimum atomic E-state index is -0.353. The smallest absolute Gasteiger partial charge is 0.239 e. The molecule has 1 heterocycles. The highest BCUT2D eigenvalue weighted by Gasteiger charge is 2.27. The molecule has 0 radical (unpaired) electrons. The van der Waals surface area contributed by atoms with Crippen LogP contribution in [0.15, 0.2) is 42.5 Å². The van der Waals surface area contributed by atoms with Crippen LogP contribution in [0.3, 0.4) is 0 Å². The highest BCUT2D eigenvalue weighted by Crippen LogP contribution is 2.21. The zero-order valence-electron chi connectivity index (χ0n) is 17.2. The molecule has 1 atom stereocenters. The Balaban J connectivity index is 1.59. The number of likely N-dealkylation sites (N-methyl/N-ethyl adjacent to an activating group) is 1. The molecule has 0 aliphatic carbocycles. The number of anilines is 1. The first-order valence-corrected chi connectivity index (χ1v) is 9.78. The third kappa shape index (κ3) is 4.42. The molecule has 2 aromatic carbocycles. The molecule has 1 N–H and O–H groups in total. The Morgan fingerprint density at radius 3 is 2.39 bits per heavy atom. The first kappa shape index (κ1) is 20.1. The van der Waals surface area contributed by atoms with Gasteiger partial charge in [0.25, 0.3) is 0 Å². The number of hydrogen-bond donors (Lipinski definition) is 1. The summed E-state index contributed by atoms with van der Waals surface area (Å²) >= 11 is 0. The number of carbonyl (C=O) groups excluding carboxylic acids is 2. The molecule has 0 saturated carbocycles. The fourth-order valence-electron chi connectivity index (χ4n) is 3.69. The summed E-state index contributed by atoms with van der Waals surface area (Å²) in [6.07, 6.45) is 0.880. The SMILES string of the molecule is Cc1cccc(C)c1NC(=O)CN(C)[C@H](C)C(=O)N1CCc2ccccc2C1. The number of aryl methyl sites for hydroxylation is 2. The van der Waals surface area contributed by atoms with Gasteiger partial charge in [0.15, 0.2) is 0 Å². The minimum absolute atomic E-state index is 0.0666. The molecule has 5 nitrogen and oxygen atoms in total. The van der Waals surface area contributed by atoms with E-state index in [4.69, 9.17) is 0 Å². The number of benzene rings is 2. The molecule has 0 unspecified atom stereocenters. The summed E-state index contributed by atoms with van der Waals surface area (Å²) in [6, 6.07) is 13.9. The van der Waals surface area contributed by atoms with Crippen molar-refractivity contribution in [2.75, 3.05) is 25.5 Å². The zero-order chi connectivity index (χ0) is 20.3. The molecule has 0 aromatic heterocycles. The molecule has 1 aliphatic heterocycles. The monoisotopic (exact) mass is 379 g/mol. The maximum absolute atomic E-state index is 12.9. The predicted octanol–water partition coefficient (Wildman–Crippen LogP) is 3.15. The third-order valence-corrected chi connectivity index (χ3v) is 5.60. The van der Waals surface area contributed by atoms with Crippen LogP contribution in [0, 0.1) is 13.8 Å². The van der Waals surface area contributed by atoms with E-state index in [1.807, 2.05) is 68.0 Å². The largest absolute Gasteiger partial charge is 0.337 e. The van der Waals surface area contributed by atoms with Crippen molar-refractivity contribution >= 4 is 17.5 Å². The fourth-order valence-corrected chi connectivity index (χ4v) is 3.69. The van der Waals surface area contributed by atoms with E-state index >= 15 is 0 Å². The van der Waals surface area contributed by atoms with Crippen molar-refractivity contribution in [2.24, 2.45) is 0 Å². The van der Waals surface area contributed by atoms with Crippen LogP contribution >= 0.6 is 0 Å². The quantitative estimate of drug-likeness (QED) is 0.868. The van der Waals surface area contributed by atoms with E-state index < -0.39 is 0 Å². The Kier molecular flexibility index (Phi) is 6.15. The Labute approximate surface area is 167 Å². The summed E-state index contributed by atoms with van der Waals surface area (Å²) in [5.41, 5.74) is 5.46. The lowest BCUT2D eigenvalue weighted by molar-refractivity contribution is -0.137. The lowest BCUT2D eigenvalue weighted by Crippen LogP contribution is -2.49. The highest BCUT2D eigenvalue weighted by atomic mass is 16.2. The second-order valence-corrected chi connectivity index (χ2v) is 7.68. The maximum Gasteiger partial charge on any atom is 0.239 e. The lowest BCUT2D eigenvalue weighted by Gasteiger charge is -2.33. The molecule has 0 saturated heterocycles. The van der Waals surface area contributed by atoms with Gasteiger partial charge in [-0.05, 0) is 56.5 Å². The van der Waals surface area contributed by atoms with E-state index in [-0.39, 0.29) is 24.4 Å². The molecule has 2 amide bonds. The number of hydrogen-bond acceptors (Lipinski definition) is 3. The minimum Gasteiger partial charge on any atom is -0.337 e. The van der Waals surface area contributed by atoms with Crippen molar-refractivity contribution in [1.82, 2.24) is 9.80 Å². The van der Waals surface area contributed by atoms with E-state index in [1.165, 1.54) is 11.1 Å². The van der Waals surface area contributed by atoms with Crippen LogP contribution < -0.4 is 5.32 Å². The molecule has 2 aromatic rings. The van der Waals surface area contributed by atoms with Crippen molar-refractivity contribution in [3.8, 4) is 0 Å². The van der Waals surface area contributed by atoms with Gasteiger partial charge in [-0.25, -0.2) is 0 Å². The van der Waals surface area contributed by atoms with Crippen molar-refractivity contribution in [2.45, 2.75) is 39.8 Å². The van der Waals surface area contributed by atoms with Crippen LogP contribution in [-0.4, -0.2) is 47.8 Å². The van der Waals surface area contributed by atoms with Gasteiger partial charge in [-0.2, -0.15) is 0 Å². The van der Waals surface area contributed by atoms with Gasteiger partial charge in [0.1, 0.15) is 0 Å². The van der Waals surface area contributed by atoms with Gasteiger partial charge in [0.05, 0.1) is 12.6 Å². The summed E-state index contributed by atoms with van der Waals surface area (Å²) < 4.78 is 0. The predicted molar refractivity (Wildman–Crippen MR) is 112 cm³/mol. The fraction of sp³-hybridized carbons (Fsp3) is 0.391. The third-order valence-electron chi connectivity index (χ3n) is 5.60. The van der Waals surface area contributed by atoms with Crippen LogP contribution in [-0.2, 0) is 22.6 Å². The number of amides is 2. The average Bonchev–Trinajstić information content (AvgIpc) is 2.69. The standard InChI is InChI=1S/C23H29N3O2/c1-16-8-7-9-17(2)22(16)24-21(27)15-25(4)18(3)23(28)26-13-12-19-10-5-6-11-20(19)14-26/h5-11,18H,12-15H2,1-4H3,(H,24,27)/t18-/m1/s1. The van der Waals surface area contributed by atoms with Gasteiger partial charge in [0.2, 0.25) is 11.8 Å². The van der Waals surface area contributed by atoms with Gasteiger partial charge in [-0.15, -0.1) is 0 Å². The van der Waals surface area contributed by atoms with Gasteiger partial charge >= 0.3 is 0 Å². The molecule has 0 spiro atoms. The van der Waals surface area contributed by atoms with Gasteiger partial charge < -0.3 is 10.2 Å². The number of rotatable bonds is 5. The van der Waals surface area contributed by atoms with Crippen LogP contribution in [0.5, 0.6) is 0 Å². The first-order chi connectivity index (χ1) is 13.4. The van der Waals surface area contributed by atoms with E-state index in [9.17, 15) is 9.59 Å². The molecule has 28 heavy (non-hydrogen) atoms. The van der Waals surface area contributed by atoms with Crippen molar-refractivity contribution in [1.29, 1.82) is 0 Å². The number of fused-ring (bicyclic) bond motifs is 1. The van der Waals surface area contributed by atoms with Crippen LogP contribution in [0.4, 0.5) is 5.69 Å². The Hall–Kier alpha value is -2.66.